The molecule has 0 spiro atoms. The molecule has 23 heavy (non-hydrogen) atoms. The van der Waals surface area contributed by atoms with Crippen LogP contribution in [0.2, 0.25) is 5.02 Å². The Morgan fingerprint density at radius 2 is 1.57 bits per heavy atom. The Labute approximate surface area is 137 Å². The maximum Gasteiger partial charge on any atom is 0.228 e. The Kier molecular flexibility index (Phi) is 4.30. The van der Waals surface area contributed by atoms with Crippen molar-refractivity contribution in [1.82, 2.24) is 0 Å². The summed E-state index contributed by atoms with van der Waals surface area (Å²) < 4.78 is 13.5. The predicted octanol–water partition coefficient (Wildman–Crippen LogP) is 3.69. The number of carbonyl (C=O) groups is 2. The molecule has 1 saturated carbocycles. The Balaban J connectivity index is 1.56. The number of halogens is 2. The molecular weight excluding hydrogens is 319 g/mol. The lowest BCUT2D eigenvalue weighted by molar-refractivity contribution is -0.122. The number of rotatable bonds is 4. The normalized spacial score (nSPS) is 19.0. The van der Waals surface area contributed by atoms with E-state index in [2.05, 4.69) is 10.6 Å². The first-order valence-corrected chi connectivity index (χ1v) is 7.54. The zero-order valence-corrected chi connectivity index (χ0v) is 12.8. The van der Waals surface area contributed by atoms with Crippen molar-refractivity contribution in [2.24, 2.45) is 11.8 Å². The van der Waals surface area contributed by atoms with Crippen LogP contribution in [0.25, 0.3) is 0 Å². The highest BCUT2D eigenvalue weighted by Crippen LogP contribution is 2.40. The molecule has 4 nitrogen and oxygen atoms in total. The lowest BCUT2D eigenvalue weighted by Crippen LogP contribution is -2.20. The van der Waals surface area contributed by atoms with Crippen LogP contribution in [-0.4, -0.2) is 11.8 Å². The van der Waals surface area contributed by atoms with Gasteiger partial charge in [-0.15, -0.1) is 0 Å². The van der Waals surface area contributed by atoms with Crippen LogP contribution in [0.3, 0.4) is 0 Å². The minimum Gasteiger partial charge on any atom is -0.326 e. The molecule has 0 saturated heterocycles. The molecule has 2 atom stereocenters. The second-order valence-corrected chi connectivity index (χ2v) is 5.85. The van der Waals surface area contributed by atoms with Gasteiger partial charge in [-0.2, -0.15) is 0 Å². The van der Waals surface area contributed by atoms with Crippen LogP contribution in [0.5, 0.6) is 0 Å². The number of anilines is 2. The fourth-order valence-corrected chi connectivity index (χ4v) is 2.46. The van der Waals surface area contributed by atoms with Crippen molar-refractivity contribution in [3.05, 3.63) is 59.4 Å². The van der Waals surface area contributed by atoms with Gasteiger partial charge in [0.05, 0.1) is 17.5 Å². The topological polar surface area (TPSA) is 58.2 Å². The van der Waals surface area contributed by atoms with Crippen LogP contribution in [0, 0.1) is 17.7 Å². The number of benzene rings is 2. The van der Waals surface area contributed by atoms with E-state index in [-0.39, 0.29) is 17.5 Å². The third-order valence-corrected chi connectivity index (χ3v) is 3.96. The maximum atomic E-state index is 13.5. The number of carbonyl (C=O) groups excluding carboxylic acids is 2. The Morgan fingerprint density at radius 1 is 0.957 bits per heavy atom. The van der Waals surface area contributed by atoms with E-state index < -0.39 is 17.7 Å². The first kappa shape index (κ1) is 15.5. The van der Waals surface area contributed by atoms with Crippen LogP contribution >= 0.6 is 11.6 Å². The van der Waals surface area contributed by atoms with Crippen molar-refractivity contribution in [3.63, 3.8) is 0 Å². The van der Waals surface area contributed by atoms with E-state index in [0.717, 1.165) is 0 Å². The van der Waals surface area contributed by atoms with Gasteiger partial charge in [-0.3, -0.25) is 9.59 Å². The first-order chi connectivity index (χ1) is 11.0. The van der Waals surface area contributed by atoms with Crippen molar-refractivity contribution in [2.45, 2.75) is 6.42 Å². The summed E-state index contributed by atoms with van der Waals surface area (Å²) in [5.74, 6) is -1.88. The quantitative estimate of drug-likeness (QED) is 0.897. The summed E-state index contributed by atoms with van der Waals surface area (Å²) in [5.41, 5.74) is 0.751. The fourth-order valence-electron chi connectivity index (χ4n) is 2.33. The molecule has 2 aromatic carbocycles. The first-order valence-electron chi connectivity index (χ1n) is 7.16. The molecule has 1 fully saturated rings. The van der Waals surface area contributed by atoms with Gasteiger partial charge in [0.15, 0.2) is 0 Å². The Hall–Kier alpha value is -2.40. The van der Waals surface area contributed by atoms with E-state index in [4.69, 9.17) is 11.6 Å². The number of nitrogens with one attached hydrogen (secondary N) is 2. The largest absolute Gasteiger partial charge is 0.326 e. The highest BCUT2D eigenvalue weighted by Gasteiger charge is 2.48. The Bertz CT molecular complexity index is 749. The lowest BCUT2D eigenvalue weighted by atomic mass is 10.2. The summed E-state index contributed by atoms with van der Waals surface area (Å²) in [6.45, 7) is 0. The van der Waals surface area contributed by atoms with Crippen molar-refractivity contribution in [3.8, 4) is 0 Å². The molecule has 2 aromatic rings. The van der Waals surface area contributed by atoms with Gasteiger partial charge in [0.1, 0.15) is 5.82 Å². The summed E-state index contributed by atoms with van der Waals surface area (Å²) in [6, 6.07) is 12.7. The average molecular weight is 333 g/mol. The van der Waals surface area contributed by atoms with Gasteiger partial charge in [0.2, 0.25) is 11.8 Å². The smallest absolute Gasteiger partial charge is 0.228 e. The van der Waals surface area contributed by atoms with Crippen molar-refractivity contribution in [2.75, 3.05) is 10.6 Å². The minimum absolute atomic E-state index is 0.126. The highest BCUT2D eigenvalue weighted by atomic mass is 35.5. The van der Waals surface area contributed by atoms with E-state index in [1.807, 2.05) is 0 Å². The average Bonchev–Trinajstić information content (AvgIpc) is 3.32. The van der Waals surface area contributed by atoms with Gasteiger partial charge in [0.25, 0.3) is 0 Å². The second-order valence-electron chi connectivity index (χ2n) is 5.41. The van der Waals surface area contributed by atoms with Crippen molar-refractivity contribution >= 4 is 34.8 Å². The Morgan fingerprint density at radius 3 is 2.22 bits per heavy atom. The summed E-state index contributed by atoms with van der Waals surface area (Å²) >= 11 is 5.78. The van der Waals surface area contributed by atoms with Gasteiger partial charge in [-0.1, -0.05) is 23.7 Å². The number of para-hydroxylation sites is 1. The molecule has 0 radical (unpaired) electrons. The fraction of sp³-hybridized carbons (Fsp3) is 0.176. The zero-order chi connectivity index (χ0) is 16.4. The standard InChI is InChI=1S/C17H14ClFN2O2/c18-10-5-7-11(8-6-10)20-16(22)12-9-13(12)17(23)21-15-4-2-1-3-14(15)19/h1-8,12-13H,9H2,(H,20,22)(H,21,23). The maximum absolute atomic E-state index is 13.5. The monoisotopic (exact) mass is 332 g/mol. The van der Waals surface area contributed by atoms with Crippen LogP contribution in [0.15, 0.2) is 48.5 Å². The molecular formula is C17H14ClFN2O2. The van der Waals surface area contributed by atoms with Crippen LogP contribution in [0.4, 0.5) is 15.8 Å². The summed E-state index contributed by atoms with van der Waals surface area (Å²) in [7, 11) is 0. The number of hydrogen-bond donors (Lipinski definition) is 2. The molecule has 1 aliphatic carbocycles. The minimum atomic E-state index is -0.497. The zero-order valence-electron chi connectivity index (χ0n) is 12.1. The molecule has 2 unspecified atom stereocenters. The highest BCUT2D eigenvalue weighted by molar-refractivity contribution is 6.30. The van der Waals surface area contributed by atoms with E-state index in [1.54, 1.807) is 36.4 Å². The van der Waals surface area contributed by atoms with Crippen LogP contribution in [0.1, 0.15) is 6.42 Å². The second kappa shape index (κ2) is 6.38. The van der Waals surface area contributed by atoms with E-state index in [1.165, 1.54) is 12.1 Å². The van der Waals surface area contributed by atoms with Gasteiger partial charge in [-0.05, 0) is 42.8 Å². The lowest BCUT2D eigenvalue weighted by Gasteiger charge is -2.07. The van der Waals surface area contributed by atoms with Gasteiger partial charge >= 0.3 is 0 Å². The summed E-state index contributed by atoms with van der Waals surface area (Å²) in [5, 5.41) is 5.84. The SMILES string of the molecule is O=C(Nc1ccc(Cl)cc1)C1CC1C(=O)Nc1ccccc1F. The van der Waals surface area contributed by atoms with E-state index in [0.29, 0.717) is 17.1 Å². The molecule has 2 amide bonds. The molecule has 6 heteroatoms. The molecule has 1 aliphatic rings. The van der Waals surface area contributed by atoms with E-state index in [9.17, 15) is 14.0 Å². The number of hydrogen-bond acceptors (Lipinski definition) is 2. The molecule has 3 rings (SSSR count). The molecule has 2 N–H and O–H groups in total. The third-order valence-electron chi connectivity index (χ3n) is 3.71. The molecule has 0 aliphatic heterocycles. The third kappa shape index (κ3) is 3.68. The van der Waals surface area contributed by atoms with Crippen molar-refractivity contribution in [1.29, 1.82) is 0 Å². The van der Waals surface area contributed by atoms with Crippen LogP contribution < -0.4 is 10.6 Å². The van der Waals surface area contributed by atoms with Crippen LogP contribution in [-0.2, 0) is 9.59 Å². The van der Waals surface area contributed by atoms with Gasteiger partial charge in [-0.25, -0.2) is 4.39 Å². The molecule has 0 aromatic heterocycles. The summed E-state index contributed by atoms with van der Waals surface area (Å²) in [6.07, 6.45) is 0.458. The number of amides is 2. The predicted molar refractivity (Wildman–Crippen MR) is 86.7 cm³/mol. The van der Waals surface area contributed by atoms with Gasteiger partial charge in [0, 0.05) is 10.7 Å². The molecule has 118 valence electrons. The van der Waals surface area contributed by atoms with E-state index >= 15 is 0 Å². The molecule has 0 heterocycles. The molecule has 0 bridgehead atoms. The summed E-state index contributed by atoms with van der Waals surface area (Å²) in [4.78, 5) is 24.2. The van der Waals surface area contributed by atoms with Gasteiger partial charge < -0.3 is 10.6 Å². The van der Waals surface area contributed by atoms with Crippen molar-refractivity contribution < 1.29 is 14.0 Å².